The molecule has 0 spiro atoms. The molecule has 1 unspecified atom stereocenters. The minimum absolute atomic E-state index is 0.223. The van der Waals surface area contributed by atoms with Crippen molar-refractivity contribution < 1.29 is 14.4 Å². The van der Waals surface area contributed by atoms with Crippen LogP contribution in [0.1, 0.15) is 46.9 Å². The molecule has 3 heterocycles. The maximum Gasteiger partial charge on any atom is 0.325 e. The van der Waals surface area contributed by atoms with Crippen molar-refractivity contribution in [2.75, 3.05) is 6.54 Å². The van der Waals surface area contributed by atoms with Crippen LogP contribution in [0.25, 0.3) is 0 Å². The highest BCUT2D eigenvalue weighted by Gasteiger charge is 2.50. The van der Waals surface area contributed by atoms with Crippen LogP contribution in [-0.4, -0.2) is 33.7 Å². The SMILES string of the molecule is CCCn1c(C)cc(C(=O)CN2C(=O)NC(C)(c3cccs3)C2=O)c1C. The number of aromatic nitrogens is 1. The highest BCUT2D eigenvalue weighted by Crippen LogP contribution is 2.32. The van der Waals surface area contributed by atoms with Gasteiger partial charge < -0.3 is 9.88 Å². The second kappa shape index (κ2) is 6.72. The summed E-state index contributed by atoms with van der Waals surface area (Å²) in [6.45, 7) is 8.21. The molecule has 7 heteroatoms. The number of nitrogens with zero attached hydrogens (tertiary/aromatic N) is 2. The van der Waals surface area contributed by atoms with E-state index in [0.29, 0.717) is 5.56 Å². The molecule has 1 aliphatic heterocycles. The smallest absolute Gasteiger partial charge is 0.325 e. The van der Waals surface area contributed by atoms with Crippen molar-refractivity contribution in [1.29, 1.82) is 0 Å². The molecular formula is C19H23N3O3S. The minimum Gasteiger partial charge on any atom is -0.348 e. The Labute approximate surface area is 156 Å². The van der Waals surface area contributed by atoms with Crippen molar-refractivity contribution >= 4 is 29.1 Å². The molecule has 0 aliphatic carbocycles. The molecule has 1 aliphatic rings. The van der Waals surface area contributed by atoms with Crippen molar-refractivity contribution in [2.45, 2.75) is 46.2 Å². The fourth-order valence-corrected chi connectivity index (χ4v) is 4.29. The van der Waals surface area contributed by atoms with E-state index in [-0.39, 0.29) is 18.2 Å². The largest absolute Gasteiger partial charge is 0.348 e. The first-order valence-electron chi connectivity index (χ1n) is 8.67. The fourth-order valence-electron chi connectivity index (χ4n) is 3.45. The molecule has 0 aromatic carbocycles. The molecular weight excluding hydrogens is 350 g/mol. The summed E-state index contributed by atoms with van der Waals surface area (Å²) >= 11 is 1.40. The van der Waals surface area contributed by atoms with Gasteiger partial charge in [-0.05, 0) is 44.7 Å². The van der Waals surface area contributed by atoms with Gasteiger partial charge in [-0.25, -0.2) is 4.79 Å². The Kier molecular flexibility index (Phi) is 4.75. The van der Waals surface area contributed by atoms with Gasteiger partial charge in [-0.2, -0.15) is 0 Å². The Balaban J connectivity index is 1.83. The third-order valence-corrected chi connectivity index (χ3v) is 6.00. The number of carbonyl (C=O) groups is 3. The number of ketones is 1. The van der Waals surface area contributed by atoms with Gasteiger partial charge in [-0.3, -0.25) is 14.5 Å². The van der Waals surface area contributed by atoms with E-state index in [1.807, 2.05) is 37.4 Å². The predicted octanol–water partition coefficient (Wildman–Crippen LogP) is 3.23. The summed E-state index contributed by atoms with van der Waals surface area (Å²) in [4.78, 5) is 39.8. The van der Waals surface area contributed by atoms with Crippen LogP contribution in [0.3, 0.4) is 0 Å². The first-order chi connectivity index (χ1) is 12.3. The summed E-state index contributed by atoms with van der Waals surface area (Å²) in [5.74, 6) is -0.611. The fraction of sp³-hybridized carbons (Fsp3) is 0.421. The number of hydrogen-bond donors (Lipinski definition) is 1. The lowest BCUT2D eigenvalue weighted by atomic mass is 10.0. The molecule has 0 bridgehead atoms. The molecule has 2 aromatic rings. The third kappa shape index (κ3) is 2.86. The lowest BCUT2D eigenvalue weighted by Crippen LogP contribution is -2.40. The lowest BCUT2D eigenvalue weighted by molar-refractivity contribution is -0.130. The summed E-state index contributed by atoms with van der Waals surface area (Å²) < 4.78 is 2.09. The van der Waals surface area contributed by atoms with E-state index < -0.39 is 11.6 Å². The number of rotatable bonds is 6. The molecule has 6 nitrogen and oxygen atoms in total. The summed E-state index contributed by atoms with van der Waals surface area (Å²) in [6, 6.07) is 4.96. The van der Waals surface area contributed by atoms with Crippen LogP contribution in [0.5, 0.6) is 0 Å². The first-order valence-corrected chi connectivity index (χ1v) is 9.55. The number of Topliss-reactive ketones (excluding diaryl/α,β-unsaturated/α-hetero) is 1. The van der Waals surface area contributed by atoms with Gasteiger partial charge in [0.25, 0.3) is 5.91 Å². The Bertz CT molecular complexity index is 869. The van der Waals surface area contributed by atoms with Crippen molar-refractivity contribution in [2.24, 2.45) is 0 Å². The van der Waals surface area contributed by atoms with Crippen LogP contribution >= 0.6 is 11.3 Å². The van der Waals surface area contributed by atoms with Gasteiger partial charge in [0.2, 0.25) is 0 Å². The zero-order chi connectivity index (χ0) is 19.1. The van der Waals surface area contributed by atoms with Crippen LogP contribution in [0.15, 0.2) is 23.6 Å². The standard InChI is InChI=1S/C19H23N3O3S/c1-5-8-21-12(2)10-14(13(21)3)15(23)11-22-17(24)19(4,20-18(22)25)16-7-6-9-26-16/h6-7,9-10H,5,8,11H2,1-4H3,(H,20,25). The summed E-state index contributed by atoms with van der Waals surface area (Å²) in [7, 11) is 0. The van der Waals surface area contributed by atoms with Gasteiger partial charge in [-0.15, -0.1) is 11.3 Å². The Morgan fingerprint density at radius 1 is 1.31 bits per heavy atom. The quantitative estimate of drug-likeness (QED) is 0.624. The third-order valence-electron chi connectivity index (χ3n) is 4.91. The van der Waals surface area contributed by atoms with Gasteiger partial charge in [0.1, 0.15) is 0 Å². The molecule has 3 rings (SSSR count). The number of hydrogen-bond acceptors (Lipinski definition) is 4. The Morgan fingerprint density at radius 3 is 2.65 bits per heavy atom. The molecule has 3 amide bonds. The van der Waals surface area contributed by atoms with Crippen molar-refractivity contribution in [3.8, 4) is 0 Å². The molecule has 26 heavy (non-hydrogen) atoms. The molecule has 0 saturated carbocycles. The van der Waals surface area contributed by atoms with Gasteiger partial charge in [0.05, 0.1) is 6.54 Å². The second-order valence-electron chi connectivity index (χ2n) is 6.78. The van der Waals surface area contributed by atoms with Gasteiger partial charge in [0, 0.05) is 28.4 Å². The number of amides is 3. The highest BCUT2D eigenvalue weighted by atomic mass is 32.1. The minimum atomic E-state index is -1.11. The first kappa shape index (κ1) is 18.4. The number of thiophene rings is 1. The molecule has 1 fully saturated rings. The number of carbonyl (C=O) groups excluding carboxylic acids is 3. The van der Waals surface area contributed by atoms with E-state index in [1.54, 1.807) is 6.92 Å². The van der Waals surface area contributed by atoms with E-state index in [4.69, 9.17) is 0 Å². The molecule has 0 radical (unpaired) electrons. The van der Waals surface area contributed by atoms with Crippen molar-refractivity contribution in [1.82, 2.24) is 14.8 Å². The molecule has 2 aromatic heterocycles. The van der Waals surface area contributed by atoms with Crippen molar-refractivity contribution in [3.05, 3.63) is 45.4 Å². The number of urea groups is 1. The van der Waals surface area contributed by atoms with Crippen LogP contribution in [0.4, 0.5) is 4.79 Å². The Hall–Kier alpha value is -2.41. The normalized spacial score (nSPS) is 19.9. The average molecular weight is 373 g/mol. The maximum atomic E-state index is 12.9. The van der Waals surface area contributed by atoms with Gasteiger partial charge in [0.15, 0.2) is 11.3 Å². The van der Waals surface area contributed by atoms with E-state index >= 15 is 0 Å². The van der Waals surface area contributed by atoms with Crippen molar-refractivity contribution in [3.63, 3.8) is 0 Å². The summed E-state index contributed by atoms with van der Waals surface area (Å²) in [5.41, 5.74) is 1.35. The summed E-state index contributed by atoms with van der Waals surface area (Å²) in [5, 5.41) is 4.59. The zero-order valence-electron chi connectivity index (χ0n) is 15.5. The van der Waals surface area contributed by atoms with Crippen LogP contribution in [0, 0.1) is 13.8 Å². The molecule has 1 N–H and O–H groups in total. The molecule has 138 valence electrons. The lowest BCUT2D eigenvalue weighted by Gasteiger charge is -2.19. The predicted molar refractivity (Wildman–Crippen MR) is 100 cm³/mol. The second-order valence-corrected chi connectivity index (χ2v) is 7.73. The molecule has 1 saturated heterocycles. The monoisotopic (exact) mass is 373 g/mol. The maximum absolute atomic E-state index is 12.9. The van der Waals surface area contributed by atoms with Crippen LogP contribution < -0.4 is 5.32 Å². The van der Waals surface area contributed by atoms with E-state index in [9.17, 15) is 14.4 Å². The van der Waals surface area contributed by atoms with Crippen LogP contribution in [-0.2, 0) is 16.9 Å². The number of imide groups is 1. The van der Waals surface area contributed by atoms with E-state index in [2.05, 4.69) is 16.8 Å². The van der Waals surface area contributed by atoms with E-state index in [1.165, 1.54) is 11.3 Å². The zero-order valence-corrected chi connectivity index (χ0v) is 16.3. The van der Waals surface area contributed by atoms with Gasteiger partial charge >= 0.3 is 6.03 Å². The van der Waals surface area contributed by atoms with E-state index in [0.717, 1.165) is 34.1 Å². The summed E-state index contributed by atoms with van der Waals surface area (Å²) in [6.07, 6.45) is 0.968. The number of aryl methyl sites for hydroxylation is 1. The number of nitrogens with one attached hydrogen (secondary N) is 1. The topological polar surface area (TPSA) is 71.4 Å². The van der Waals surface area contributed by atoms with Crippen LogP contribution in [0.2, 0.25) is 0 Å². The van der Waals surface area contributed by atoms with Gasteiger partial charge in [-0.1, -0.05) is 13.0 Å². The Morgan fingerprint density at radius 2 is 2.04 bits per heavy atom. The average Bonchev–Trinajstić information content (AvgIpc) is 3.27. The highest BCUT2D eigenvalue weighted by molar-refractivity contribution is 7.10. The molecule has 1 atom stereocenters.